The number of thioether (sulfide) groups is 1. The third-order valence-electron chi connectivity index (χ3n) is 4.07. The van der Waals surface area contributed by atoms with Crippen LogP contribution in [0.15, 0.2) is 70.6 Å². The van der Waals surface area contributed by atoms with Crippen LogP contribution in [-0.2, 0) is 23.5 Å². The molecule has 0 saturated heterocycles. The summed E-state index contributed by atoms with van der Waals surface area (Å²) in [5.74, 6) is 0.547. The number of nitrogens with zero attached hydrogens (tertiary/aromatic N) is 1. The number of aromatic amines is 1. The Balaban J connectivity index is 1.60. The lowest BCUT2D eigenvalue weighted by Crippen LogP contribution is -2.25. The Hall–Kier alpha value is -2.86. The van der Waals surface area contributed by atoms with Crippen LogP contribution in [0.1, 0.15) is 22.4 Å². The number of amides is 1. The second-order valence-corrected chi connectivity index (χ2v) is 7.16. The number of rotatable bonds is 7. The van der Waals surface area contributed by atoms with Gasteiger partial charge in [-0.2, -0.15) is 0 Å². The molecule has 1 heterocycles. The predicted octanol–water partition coefficient (Wildman–Crippen LogP) is 3.23. The number of benzene rings is 2. The van der Waals surface area contributed by atoms with Gasteiger partial charge in [0.25, 0.3) is 5.56 Å². The molecular formula is C21H21N3O2S. The van der Waals surface area contributed by atoms with E-state index < -0.39 is 0 Å². The molecule has 0 fully saturated rings. The summed E-state index contributed by atoms with van der Waals surface area (Å²) in [6.45, 7) is 2.51. The highest BCUT2D eigenvalue weighted by molar-refractivity contribution is 7.98. The van der Waals surface area contributed by atoms with Crippen molar-refractivity contribution in [1.29, 1.82) is 0 Å². The minimum atomic E-state index is -0.247. The van der Waals surface area contributed by atoms with Crippen molar-refractivity contribution in [3.8, 4) is 0 Å². The zero-order valence-corrected chi connectivity index (χ0v) is 15.9. The van der Waals surface area contributed by atoms with E-state index in [0.717, 1.165) is 5.56 Å². The van der Waals surface area contributed by atoms with Crippen molar-refractivity contribution in [2.24, 2.45) is 0 Å². The summed E-state index contributed by atoms with van der Waals surface area (Å²) in [5.41, 5.74) is 3.64. The Kier molecular flexibility index (Phi) is 6.44. The summed E-state index contributed by atoms with van der Waals surface area (Å²) in [4.78, 5) is 31.2. The van der Waals surface area contributed by atoms with Gasteiger partial charge < -0.3 is 10.3 Å². The van der Waals surface area contributed by atoms with E-state index in [4.69, 9.17) is 0 Å². The van der Waals surface area contributed by atoms with Crippen molar-refractivity contribution < 1.29 is 4.79 Å². The van der Waals surface area contributed by atoms with E-state index in [1.807, 2.05) is 42.5 Å². The minimum Gasteiger partial charge on any atom is -0.352 e. The summed E-state index contributed by atoms with van der Waals surface area (Å²) < 4.78 is 0. The highest BCUT2D eigenvalue weighted by Crippen LogP contribution is 2.20. The maximum atomic E-state index is 12.2. The fourth-order valence-electron chi connectivity index (χ4n) is 2.58. The fraction of sp³-hybridized carbons (Fsp3) is 0.190. The van der Waals surface area contributed by atoms with Crippen LogP contribution in [-0.4, -0.2) is 15.9 Å². The van der Waals surface area contributed by atoms with Crippen LogP contribution in [0, 0.1) is 6.92 Å². The molecule has 27 heavy (non-hydrogen) atoms. The highest BCUT2D eigenvalue weighted by Gasteiger charge is 2.08. The Labute approximate surface area is 162 Å². The standard InChI is InChI=1S/C21H21N3O2S/c1-15-7-5-6-10-17(15)14-27-21-23-18(12-20(26)24-21)11-19(25)22-13-16-8-3-2-4-9-16/h2-10,12H,11,13-14H2,1H3,(H,22,25)(H,23,24,26). The zero-order valence-electron chi connectivity index (χ0n) is 15.1. The van der Waals surface area contributed by atoms with E-state index in [2.05, 4.69) is 34.3 Å². The molecule has 0 atom stereocenters. The van der Waals surface area contributed by atoms with Gasteiger partial charge in [-0.3, -0.25) is 9.59 Å². The second kappa shape index (κ2) is 9.19. The Morgan fingerprint density at radius 2 is 1.85 bits per heavy atom. The van der Waals surface area contributed by atoms with Gasteiger partial charge in [0, 0.05) is 18.4 Å². The average Bonchev–Trinajstić information content (AvgIpc) is 2.66. The van der Waals surface area contributed by atoms with Crippen LogP contribution in [0.2, 0.25) is 0 Å². The number of aromatic nitrogens is 2. The number of carbonyl (C=O) groups excluding carboxylic acids is 1. The molecule has 0 radical (unpaired) electrons. The predicted molar refractivity (Wildman–Crippen MR) is 108 cm³/mol. The third kappa shape index (κ3) is 5.82. The molecule has 0 aliphatic rings. The van der Waals surface area contributed by atoms with Crippen LogP contribution in [0.25, 0.3) is 0 Å². The highest BCUT2D eigenvalue weighted by atomic mass is 32.2. The normalized spacial score (nSPS) is 10.6. The van der Waals surface area contributed by atoms with Gasteiger partial charge in [-0.1, -0.05) is 66.4 Å². The Morgan fingerprint density at radius 3 is 2.63 bits per heavy atom. The molecule has 0 aliphatic heterocycles. The SMILES string of the molecule is Cc1ccccc1CSc1nc(CC(=O)NCc2ccccc2)cc(=O)[nH]1. The molecule has 2 N–H and O–H groups in total. The first-order valence-electron chi connectivity index (χ1n) is 8.68. The number of aryl methyl sites for hydroxylation is 1. The van der Waals surface area contributed by atoms with Gasteiger partial charge >= 0.3 is 0 Å². The zero-order chi connectivity index (χ0) is 19.1. The Morgan fingerprint density at radius 1 is 1.11 bits per heavy atom. The first-order valence-corrected chi connectivity index (χ1v) is 9.67. The molecule has 5 nitrogen and oxygen atoms in total. The quantitative estimate of drug-likeness (QED) is 0.488. The van der Waals surface area contributed by atoms with E-state index >= 15 is 0 Å². The molecule has 0 saturated carbocycles. The molecule has 0 aliphatic carbocycles. The van der Waals surface area contributed by atoms with E-state index in [9.17, 15) is 9.59 Å². The van der Waals surface area contributed by atoms with Crippen LogP contribution in [0.5, 0.6) is 0 Å². The molecule has 2 aromatic carbocycles. The molecule has 0 unspecified atom stereocenters. The van der Waals surface area contributed by atoms with Gasteiger partial charge in [0.05, 0.1) is 12.1 Å². The van der Waals surface area contributed by atoms with E-state index in [1.54, 1.807) is 0 Å². The molecular weight excluding hydrogens is 358 g/mol. The summed E-state index contributed by atoms with van der Waals surface area (Å²) in [6, 6.07) is 19.2. The lowest BCUT2D eigenvalue weighted by Gasteiger charge is -2.07. The van der Waals surface area contributed by atoms with Crippen molar-refractivity contribution >= 4 is 17.7 Å². The first kappa shape index (κ1) is 18.9. The molecule has 0 spiro atoms. The van der Waals surface area contributed by atoms with Crippen LogP contribution in [0.4, 0.5) is 0 Å². The van der Waals surface area contributed by atoms with Gasteiger partial charge in [-0.15, -0.1) is 0 Å². The lowest BCUT2D eigenvalue weighted by molar-refractivity contribution is -0.120. The van der Waals surface area contributed by atoms with Crippen molar-refractivity contribution in [3.63, 3.8) is 0 Å². The number of carbonyl (C=O) groups is 1. The second-order valence-electron chi connectivity index (χ2n) is 6.20. The van der Waals surface area contributed by atoms with Crippen LogP contribution >= 0.6 is 11.8 Å². The first-order chi connectivity index (χ1) is 13.1. The van der Waals surface area contributed by atoms with Gasteiger partial charge in [0.1, 0.15) is 0 Å². The largest absolute Gasteiger partial charge is 0.352 e. The molecule has 1 amide bonds. The van der Waals surface area contributed by atoms with E-state index in [0.29, 0.717) is 23.1 Å². The van der Waals surface area contributed by atoms with Crippen LogP contribution in [0.3, 0.4) is 0 Å². The summed E-state index contributed by atoms with van der Waals surface area (Å²) in [7, 11) is 0. The van der Waals surface area contributed by atoms with Crippen LogP contribution < -0.4 is 10.9 Å². The number of H-pyrrole nitrogens is 1. The van der Waals surface area contributed by atoms with E-state index in [1.165, 1.54) is 29.0 Å². The van der Waals surface area contributed by atoms with Crippen molar-refractivity contribution in [2.75, 3.05) is 0 Å². The van der Waals surface area contributed by atoms with Crippen molar-refractivity contribution in [3.05, 3.63) is 93.4 Å². The smallest absolute Gasteiger partial charge is 0.251 e. The molecule has 3 rings (SSSR count). The molecule has 6 heteroatoms. The number of nitrogens with one attached hydrogen (secondary N) is 2. The average molecular weight is 379 g/mol. The topological polar surface area (TPSA) is 74.8 Å². The molecule has 138 valence electrons. The van der Waals surface area contributed by atoms with Crippen molar-refractivity contribution in [2.45, 2.75) is 30.8 Å². The van der Waals surface area contributed by atoms with Gasteiger partial charge in [0.15, 0.2) is 5.16 Å². The third-order valence-corrected chi connectivity index (χ3v) is 4.99. The van der Waals surface area contributed by atoms with Gasteiger partial charge in [-0.25, -0.2) is 4.98 Å². The number of hydrogen-bond donors (Lipinski definition) is 2. The lowest BCUT2D eigenvalue weighted by atomic mass is 10.1. The summed E-state index contributed by atoms with van der Waals surface area (Å²) in [5, 5.41) is 3.38. The summed E-state index contributed by atoms with van der Waals surface area (Å²) in [6.07, 6.45) is 0.0781. The molecule has 0 bridgehead atoms. The van der Waals surface area contributed by atoms with Crippen molar-refractivity contribution in [1.82, 2.24) is 15.3 Å². The van der Waals surface area contributed by atoms with E-state index in [-0.39, 0.29) is 17.9 Å². The summed E-state index contributed by atoms with van der Waals surface area (Å²) >= 11 is 1.45. The monoisotopic (exact) mass is 379 g/mol. The molecule has 1 aromatic heterocycles. The Bertz CT molecular complexity index is 970. The maximum absolute atomic E-state index is 12.2. The van der Waals surface area contributed by atoms with Gasteiger partial charge in [0.2, 0.25) is 5.91 Å². The fourth-order valence-corrected chi connectivity index (χ4v) is 3.55. The number of hydrogen-bond acceptors (Lipinski definition) is 4. The van der Waals surface area contributed by atoms with Gasteiger partial charge in [-0.05, 0) is 23.6 Å². The molecule has 3 aromatic rings. The minimum absolute atomic E-state index is 0.0781. The maximum Gasteiger partial charge on any atom is 0.251 e.